The molecule has 5 aliphatic carbocycles. The van der Waals surface area contributed by atoms with Crippen LogP contribution in [0.3, 0.4) is 0 Å². The average Bonchev–Trinajstić information content (AvgIpc) is 2.75. The molecule has 33 heavy (non-hydrogen) atoms. The topological polar surface area (TPSA) is 54.4 Å². The van der Waals surface area contributed by atoms with E-state index in [9.17, 15) is 14.7 Å². The van der Waals surface area contributed by atoms with E-state index in [2.05, 4.69) is 48.5 Å². The molecule has 3 saturated carbocycles. The average molecular weight is 453 g/mol. The van der Waals surface area contributed by atoms with Crippen molar-refractivity contribution in [3.63, 3.8) is 0 Å². The number of rotatable bonds is 1. The second-order valence-electron chi connectivity index (χ2n) is 13.5. The number of allylic oxidation sites excluding steroid dienone is 4. The second-order valence-corrected chi connectivity index (χ2v) is 13.5. The number of ketones is 1. The van der Waals surface area contributed by atoms with E-state index in [0.29, 0.717) is 17.8 Å². The van der Waals surface area contributed by atoms with E-state index >= 15 is 0 Å². The number of hydrogen-bond acceptors (Lipinski definition) is 2. The molecule has 3 nitrogen and oxygen atoms in total. The molecule has 0 heterocycles. The van der Waals surface area contributed by atoms with Gasteiger partial charge in [0.2, 0.25) is 0 Å². The molecule has 3 fully saturated rings. The van der Waals surface area contributed by atoms with Gasteiger partial charge < -0.3 is 5.11 Å². The van der Waals surface area contributed by atoms with E-state index < -0.39 is 11.4 Å². The van der Waals surface area contributed by atoms with Gasteiger partial charge in [0.25, 0.3) is 0 Å². The highest BCUT2D eigenvalue weighted by molar-refractivity contribution is 6.11. The molecule has 0 aromatic rings. The van der Waals surface area contributed by atoms with Crippen molar-refractivity contribution in [3.05, 3.63) is 22.8 Å². The smallest absolute Gasteiger partial charge is 0.318 e. The fourth-order valence-corrected chi connectivity index (χ4v) is 10.1. The lowest BCUT2D eigenvalue weighted by Crippen LogP contribution is -2.68. The minimum atomic E-state index is -1.30. The Balaban J connectivity index is 1.73. The molecule has 0 aromatic carbocycles. The van der Waals surface area contributed by atoms with Crippen molar-refractivity contribution >= 4 is 11.8 Å². The monoisotopic (exact) mass is 452 g/mol. The summed E-state index contributed by atoms with van der Waals surface area (Å²) >= 11 is 0. The van der Waals surface area contributed by atoms with E-state index in [-0.39, 0.29) is 40.3 Å². The number of carbonyl (C=O) groups excluding carboxylic acids is 1. The van der Waals surface area contributed by atoms with Gasteiger partial charge in [0.1, 0.15) is 5.41 Å². The van der Waals surface area contributed by atoms with E-state index in [1.165, 1.54) is 48.8 Å². The van der Waals surface area contributed by atoms with Crippen molar-refractivity contribution in [2.45, 2.75) is 93.4 Å². The number of carbonyl (C=O) groups is 2. The zero-order valence-electron chi connectivity index (χ0n) is 21.8. The number of carboxylic acid groups (broad SMARTS) is 1. The lowest BCUT2D eigenvalue weighted by molar-refractivity contribution is -0.192. The Hall–Kier alpha value is -1.38. The highest BCUT2D eigenvalue weighted by Gasteiger charge is 2.72. The van der Waals surface area contributed by atoms with Gasteiger partial charge in [0.15, 0.2) is 5.78 Å². The number of fused-ring (bicyclic) bond motifs is 7. The Morgan fingerprint density at radius 3 is 2.24 bits per heavy atom. The summed E-state index contributed by atoms with van der Waals surface area (Å²) in [7, 11) is 0. The fraction of sp³-hybridized carbons (Fsp3) is 0.800. The van der Waals surface area contributed by atoms with Crippen LogP contribution in [0.5, 0.6) is 0 Å². The van der Waals surface area contributed by atoms with Gasteiger partial charge in [0, 0.05) is 0 Å². The zero-order valence-corrected chi connectivity index (χ0v) is 21.8. The summed E-state index contributed by atoms with van der Waals surface area (Å²) in [5.74, 6) is 0.917. The van der Waals surface area contributed by atoms with Crippen molar-refractivity contribution in [2.75, 3.05) is 0 Å². The molecule has 0 aliphatic heterocycles. The molecule has 5 rings (SSSR count). The Bertz CT molecular complexity index is 950. The number of aliphatic carboxylic acids is 1. The van der Waals surface area contributed by atoms with Crippen molar-refractivity contribution < 1.29 is 14.7 Å². The molecule has 0 saturated heterocycles. The Labute approximate surface area is 200 Å². The van der Waals surface area contributed by atoms with Gasteiger partial charge in [-0.2, -0.15) is 0 Å². The first-order valence-electron chi connectivity index (χ1n) is 13.6. The molecule has 5 aliphatic rings. The Kier molecular flexibility index (Phi) is 5.18. The summed E-state index contributed by atoms with van der Waals surface area (Å²) in [6, 6.07) is 0. The molecule has 8 unspecified atom stereocenters. The molecular weight excluding hydrogens is 408 g/mol. The normalized spacial score (nSPS) is 45.8. The predicted octanol–water partition coefficient (Wildman–Crippen LogP) is 7.07. The van der Waals surface area contributed by atoms with Crippen LogP contribution in [0.2, 0.25) is 0 Å². The van der Waals surface area contributed by atoms with Crippen LogP contribution in [0, 0.1) is 57.7 Å². The molecule has 8 atom stereocenters. The largest absolute Gasteiger partial charge is 0.480 e. The molecular formula is C30H44O3. The van der Waals surface area contributed by atoms with E-state index in [1.54, 1.807) is 0 Å². The zero-order chi connectivity index (χ0) is 24.1. The second kappa shape index (κ2) is 7.31. The Morgan fingerprint density at radius 1 is 0.939 bits per heavy atom. The van der Waals surface area contributed by atoms with E-state index in [4.69, 9.17) is 0 Å². The molecule has 0 radical (unpaired) electrons. The summed E-state index contributed by atoms with van der Waals surface area (Å²) < 4.78 is 0. The summed E-state index contributed by atoms with van der Waals surface area (Å²) in [5.41, 5.74) is 2.30. The van der Waals surface area contributed by atoms with Crippen molar-refractivity contribution in [2.24, 2.45) is 57.7 Å². The highest BCUT2D eigenvalue weighted by Crippen LogP contribution is 2.71. The maximum atomic E-state index is 14.3. The van der Waals surface area contributed by atoms with Gasteiger partial charge in [-0.3, -0.25) is 9.59 Å². The minimum Gasteiger partial charge on any atom is -0.480 e. The quantitative estimate of drug-likeness (QED) is 0.342. The third-order valence-electron chi connectivity index (χ3n) is 11.9. The van der Waals surface area contributed by atoms with Crippen LogP contribution in [0.1, 0.15) is 93.4 Å². The van der Waals surface area contributed by atoms with Crippen LogP contribution in [0.4, 0.5) is 0 Å². The molecule has 0 aromatic heterocycles. The summed E-state index contributed by atoms with van der Waals surface area (Å²) in [6.45, 7) is 15.8. The minimum absolute atomic E-state index is 0.0668. The van der Waals surface area contributed by atoms with Crippen molar-refractivity contribution in [1.82, 2.24) is 0 Å². The van der Waals surface area contributed by atoms with Crippen molar-refractivity contribution in [1.29, 1.82) is 0 Å². The standard InChI is InChI=1S/C30H44O3/c1-16-14-23-21-13-12-19-10-8-9-11-20(19)22(21)15-24(31)30(23,27(32)33)26-25(16)28(4,5)17(2)18(3)29(26,6)7/h15-16,19-21,23,25-26H,8-14H2,1-7H3,(H,32,33). The molecule has 1 N–H and O–H groups in total. The van der Waals surface area contributed by atoms with Gasteiger partial charge in [-0.05, 0) is 104 Å². The summed E-state index contributed by atoms with van der Waals surface area (Å²) in [4.78, 5) is 27.8. The fourth-order valence-electron chi connectivity index (χ4n) is 10.1. The van der Waals surface area contributed by atoms with Crippen molar-refractivity contribution in [3.8, 4) is 0 Å². The van der Waals surface area contributed by atoms with Gasteiger partial charge in [-0.15, -0.1) is 0 Å². The summed E-state index contributed by atoms with van der Waals surface area (Å²) in [5, 5.41) is 11.0. The first kappa shape index (κ1) is 23.4. The van der Waals surface area contributed by atoms with Crippen LogP contribution < -0.4 is 0 Å². The van der Waals surface area contributed by atoms with Gasteiger partial charge in [-0.1, -0.05) is 64.2 Å². The molecule has 0 amide bonds. The van der Waals surface area contributed by atoms with Crippen LogP contribution in [-0.4, -0.2) is 16.9 Å². The molecule has 182 valence electrons. The maximum Gasteiger partial charge on any atom is 0.318 e. The van der Waals surface area contributed by atoms with Crippen LogP contribution in [0.15, 0.2) is 22.8 Å². The van der Waals surface area contributed by atoms with Crippen LogP contribution >= 0.6 is 0 Å². The predicted molar refractivity (Wildman–Crippen MR) is 132 cm³/mol. The maximum absolute atomic E-state index is 14.3. The molecule has 0 spiro atoms. The van der Waals surface area contributed by atoms with E-state index in [0.717, 1.165) is 12.8 Å². The summed E-state index contributed by atoms with van der Waals surface area (Å²) in [6.07, 6.45) is 10.1. The highest BCUT2D eigenvalue weighted by atomic mass is 16.4. The van der Waals surface area contributed by atoms with Gasteiger partial charge in [0.05, 0.1) is 0 Å². The number of hydrogen-bond donors (Lipinski definition) is 1. The van der Waals surface area contributed by atoms with E-state index in [1.807, 2.05) is 6.08 Å². The van der Waals surface area contributed by atoms with Gasteiger partial charge >= 0.3 is 5.97 Å². The lowest BCUT2D eigenvalue weighted by Gasteiger charge is -2.66. The van der Waals surface area contributed by atoms with Gasteiger partial charge in [-0.25, -0.2) is 0 Å². The number of carboxylic acids is 1. The third-order valence-corrected chi connectivity index (χ3v) is 11.9. The van der Waals surface area contributed by atoms with Crippen LogP contribution in [0.25, 0.3) is 0 Å². The SMILES string of the molecule is CC1=C(C)C(C)(C)C2C(C(C)CC3C4CCC5CCCCC5C4=CC(=O)C32C(=O)O)C1(C)C. The Morgan fingerprint density at radius 2 is 1.58 bits per heavy atom. The molecule has 3 heteroatoms. The van der Waals surface area contributed by atoms with Crippen LogP contribution in [-0.2, 0) is 9.59 Å². The third kappa shape index (κ3) is 2.80. The lowest BCUT2D eigenvalue weighted by atomic mass is 9.35. The first-order valence-corrected chi connectivity index (χ1v) is 13.6. The molecule has 0 bridgehead atoms. The first-order chi connectivity index (χ1) is 15.4.